The van der Waals surface area contributed by atoms with Crippen molar-refractivity contribution in [2.45, 2.75) is 6.10 Å². The van der Waals surface area contributed by atoms with E-state index in [-0.39, 0.29) is 5.75 Å². The minimum absolute atomic E-state index is 0.0651. The molecule has 0 aromatic heterocycles. The number of aliphatic hydroxyl groups excluding tert-OH is 1. The molecule has 0 aliphatic carbocycles. The Labute approximate surface area is 138 Å². The third-order valence-electron chi connectivity index (χ3n) is 3.68. The quantitative estimate of drug-likeness (QED) is 0.510. The maximum atomic E-state index is 11.9. The van der Waals surface area contributed by atoms with Gasteiger partial charge in [0.2, 0.25) is 0 Å². The Hall–Kier alpha value is -3.18. The Morgan fingerprint density at radius 2 is 1.71 bits per heavy atom. The highest BCUT2D eigenvalue weighted by Crippen LogP contribution is 2.25. The topological polar surface area (TPSA) is 81.9 Å². The van der Waals surface area contributed by atoms with Gasteiger partial charge in [0, 0.05) is 5.56 Å². The van der Waals surface area contributed by atoms with E-state index in [1.807, 2.05) is 24.3 Å². The number of rotatable bonds is 4. The second-order valence-corrected chi connectivity index (χ2v) is 5.27. The number of nitrogens with zero attached hydrogens (tertiary/aromatic N) is 1. The zero-order chi connectivity index (χ0) is 16.9. The lowest BCUT2D eigenvalue weighted by Gasteiger charge is -2.09. The lowest BCUT2D eigenvalue weighted by atomic mass is 10.0. The number of carbonyl (C=O) groups excluding carboxylic acids is 1. The van der Waals surface area contributed by atoms with E-state index in [9.17, 15) is 15.0 Å². The van der Waals surface area contributed by atoms with Crippen LogP contribution in [0.1, 0.15) is 17.2 Å². The number of hydrogen-bond donors (Lipinski definition) is 3. The van der Waals surface area contributed by atoms with Crippen LogP contribution in [0, 0.1) is 0 Å². The summed E-state index contributed by atoms with van der Waals surface area (Å²) in [6.45, 7) is 0. The fourth-order valence-corrected chi connectivity index (χ4v) is 2.43. The summed E-state index contributed by atoms with van der Waals surface area (Å²) in [6, 6.07) is 19.5. The van der Waals surface area contributed by atoms with E-state index in [0.717, 1.165) is 10.8 Å². The molecule has 3 N–H and O–H groups in total. The lowest BCUT2D eigenvalue weighted by Crippen LogP contribution is -2.25. The van der Waals surface area contributed by atoms with Crippen molar-refractivity contribution >= 4 is 22.9 Å². The molecular weight excluding hydrogens is 304 g/mol. The Bertz CT molecular complexity index is 892. The summed E-state index contributed by atoms with van der Waals surface area (Å²) in [4.78, 5) is 11.9. The average molecular weight is 320 g/mol. The van der Waals surface area contributed by atoms with Crippen LogP contribution in [0.5, 0.6) is 5.75 Å². The highest BCUT2D eigenvalue weighted by atomic mass is 16.3. The van der Waals surface area contributed by atoms with Crippen LogP contribution in [-0.4, -0.2) is 22.3 Å². The van der Waals surface area contributed by atoms with Crippen LogP contribution in [0.2, 0.25) is 0 Å². The zero-order valence-electron chi connectivity index (χ0n) is 12.8. The third kappa shape index (κ3) is 3.26. The van der Waals surface area contributed by atoms with Gasteiger partial charge in [0.1, 0.15) is 5.75 Å². The Morgan fingerprint density at radius 1 is 1.00 bits per heavy atom. The fraction of sp³-hybridized carbons (Fsp3) is 0.0526. The molecule has 0 aliphatic heterocycles. The van der Waals surface area contributed by atoms with E-state index in [1.54, 1.807) is 42.5 Å². The summed E-state index contributed by atoms with van der Waals surface area (Å²) in [6.07, 6.45) is 0.0669. The number of phenolic OH excluding ortho intramolecular Hbond substituents is 1. The van der Waals surface area contributed by atoms with Crippen molar-refractivity contribution in [3.63, 3.8) is 0 Å². The molecule has 1 atom stereocenters. The molecule has 3 aromatic rings. The van der Waals surface area contributed by atoms with Gasteiger partial charge in [-0.1, -0.05) is 60.7 Å². The highest BCUT2D eigenvalue weighted by molar-refractivity contribution is 6.02. The fourth-order valence-electron chi connectivity index (χ4n) is 2.43. The van der Waals surface area contributed by atoms with Gasteiger partial charge in [-0.05, 0) is 22.4 Å². The van der Waals surface area contributed by atoms with Gasteiger partial charge in [-0.3, -0.25) is 4.79 Å². The summed E-state index contributed by atoms with van der Waals surface area (Å²) in [5.74, 6) is -0.576. The van der Waals surface area contributed by atoms with Crippen molar-refractivity contribution in [3.8, 4) is 5.75 Å². The average Bonchev–Trinajstić information content (AvgIpc) is 2.63. The molecule has 5 nitrogen and oxygen atoms in total. The van der Waals surface area contributed by atoms with Gasteiger partial charge in [0.05, 0.1) is 6.21 Å². The van der Waals surface area contributed by atoms with Crippen LogP contribution in [0.25, 0.3) is 10.8 Å². The second kappa shape index (κ2) is 6.93. The van der Waals surface area contributed by atoms with Crippen molar-refractivity contribution in [2.24, 2.45) is 5.10 Å². The molecule has 0 fully saturated rings. The van der Waals surface area contributed by atoms with Crippen molar-refractivity contribution in [2.75, 3.05) is 0 Å². The molecule has 3 rings (SSSR count). The van der Waals surface area contributed by atoms with Crippen LogP contribution in [0.4, 0.5) is 0 Å². The summed E-state index contributed by atoms with van der Waals surface area (Å²) >= 11 is 0. The molecule has 1 amide bonds. The molecule has 5 heteroatoms. The van der Waals surface area contributed by atoms with Crippen molar-refractivity contribution in [3.05, 3.63) is 77.9 Å². The number of carbonyl (C=O) groups is 1. The number of hydrogen-bond acceptors (Lipinski definition) is 4. The molecule has 0 heterocycles. The summed E-state index contributed by atoms with van der Waals surface area (Å²) in [5.41, 5.74) is 3.28. The number of fused-ring (bicyclic) bond motifs is 1. The number of nitrogens with one attached hydrogen (secondary N) is 1. The molecule has 0 radical (unpaired) electrons. The van der Waals surface area contributed by atoms with Crippen LogP contribution < -0.4 is 5.43 Å². The number of aliphatic hydroxyl groups is 1. The van der Waals surface area contributed by atoms with E-state index in [4.69, 9.17) is 0 Å². The molecule has 24 heavy (non-hydrogen) atoms. The minimum atomic E-state index is -1.30. The summed E-state index contributed by atoms with van der Waals surface area (Å²) in [5, 5.41) is 25.6. The standard InChI is InChI=1S/C19H16N2O3/c22-17-11-10-13-6-4-5-9-15(13)16(17)12-20-21-19(24)18(23)14-7-2-1-3-8-14/h1-12,18,22-23H,(H,21,24). The first kappa shape index (κ1) is 15.7. The third-order valence-corrected chi connectivity index (χ3v) is 3.68. The van der Waals surface area contributed by atoms with Crippen LogP contribution >= 0.6 is 0 Å². The molecule has 0 aliphatic rings. The van der Waals surface area contributed by atoms with Gasteiger partial charge in [-0.15, -0.1) is 0 Å². The second-order valence-electron chi connectivity index (χ2n) is 5.27. The number of hydrazone groups is 1. The number of phenols is 1. The highest BCUT2D eigenvalue weighted by Gasteiger charge is 2.16. The number of aromatic hydroxyl groups is 1. The first-order valence-corrected chi connectivity index (χ1v) is 7.43. The van der Waals surface area contributed by atoms with Crippen molar-refractivity contribution in [1.82, 2.24) is 5.43 Å². The molecule has 0 bridgehead atoms. The van der Waals surface area contributed by atoms with Crippen LogP contribution in [-0.2, 0) is 4.79 Å². The van der Waals surface area contributed by atoms with Gasteiger partial charge in [-0.2, -0.15) is 5.10 Å². The first-order valence-electron chi connectivity index (χ1n) is 7.43. The smallest absolute Gasteiger partial charge is 0.273 e. The van der Waals surface area contributed by atoms with Gasteiger partial charge in [0.25, 0.3) is 5.91 Å². The molecule has 120 valence electrons. The Kier molecular flexibility index (Phi) is 4.54. The van der Waals surface area contributed by atoms with E-state index in [0.29, 0.717) is 11.1 Å². The Morgan fingerprint density at radius 3 is 2.50 bits per heavy atom. The normalized spacial score (nSPS) is 12.4. The maximum Gasteiger partial charge on any atom is 0.273 e. The molecule has 3 aromatic carbocycles. The zero-order valence-corrected chi connectivity index (χ0v) is 12.8. The Balaban J connectivity index is 1.77. The molecule has 0 spiro atoms. The molecule has 0 saturated carbocycles. The largest absolute Gasteiger partial charge is 0.507 e. The predicted octanol–water partition coefficient (Wildman–Crippen LogP) is 2.73. The molecule has 0 saturated heterocycles. The monoisotopic (exact) mass is 320 g/mol. The van der Waals surface area contributed by atoms with Crippen molar-refractivity contribution in [1.29, 1.82) is 0 Å². The maximum absolute atomic E-state index is 11.9. The van der Waals surface area contributed by atoms with Gasteiger partial charge in [0.15, 0.2) is 6.10 Å². The molecular formula is C19H16N2O3. The van der Waals surface area contributed by atoms with Gasteiger partial charge < -0.3 is 10.2 Å². The van der Waals surface area contributed by atoms with Crippen LogP contribution in [0.3, 0.4) is 0 Å². The van der Waals surface area contributed by atoms with E-state index in [2.05, 4.69) is 10.5 Å². The summed E-state index contributed by atoms with van der Waals surface area (Å²) < 4.78 is 0. The van der Waals surface area contributed by atoms with Crippen LogP contribution in [0.15, 0.2) is 71.8 Å². The van der Waals surface area contributed by atoms with Crippen molar-refractivity contribution < 1.29 is 15.0 Å². The minimum Gasteiger partial charge on any atom is -0.507 e. The SMILES string of the molecule is O=C(NN=Cc1c(O)ccc2ccccc12)C(O)c1ccccc1. The van der Waals surface area contributed by atoms with E-state index >= 15 is 0 Å². The molecule has 1 unspecified atom stereocenters. The summed E-state index contributed by atoms with van der Waals surface area (Å²) in [7, 11) is 0. The number of amides is 1. The van der Waals surface area contributed by atoms with Gasteiger partial charge in [-0.25, -0.2) is 5.43 Å². The van der Waals surface area contributed by atoms with E-state index < -0.39 is 12.0 Å². The van der Waals surface area contributed by atoms with Gasteiger partial charge >= 0.3 is 0 Å². The number of benzene rings is 3. The first-order chi connectivity index (χ1) is 11.7. The van der Waals surface area contributed by atoms with E-state index in [1.165, 1.54) is 6.21 Å². The lowest BCUT2D eigenvalue weighted by molar-refractivity contribution is -0.129. The predicted molar refractivity (Wildman–Crippen MR) is 92.8 cm³/mol.